The normalized spacial score (nSPS) is 10.2. The number of hydrogen-bond acceptors (Lipinski definition) is 6. The molecule has 0 saturated carbocycles. The number of hydrogen-bond donors (Lipinski definition) is 1. The van der Waals surface area contributed by atoms with Gasteiger partial charge in [-0.3, -0.25) is 14.8 Å². The van der Waals surface area contributed by atoms with Gasteiger partial charge < -0.3 is 4.74 Å². The molecule has 1 amide bonds. The Labute approximate surface area is 113 Å². The Morgan fingerprint density at radius 3 is 3.05 bits per heavy atom. The van der Waals surface area contributed by atoms with Crippen LogP contribution in [-0.4, -0.2) is 38.0 Å². The lowest BCUT2D eigenvalue weighted by Crippen LogP contribution is -2.16. The lowest BCUT2D eigenvalue weighted by atomic mass is 10.4. The van der Waals surface area contributed by atoms with Crippen LogP contribution in [-0.2, 0) is 11.3 Å². The first kappa shape index (κ1) is 13.2. The predicted molar refractivity (Wildman–Crippen MR) is 66.9 cm³/mol. The van der Waals surface area contributed by atoms with Crippen molar-refractivity contribution in [3.05, 3.63) is 23.6 Å². The number of amides is 1. The summed E-state index contributed by atoms with van der Waals surface area (Å²) < 4.78 is 6.48. The van der Waals surface area contributed by atoms with E-state index < -0.39 is 0 Å². The first-order valence-electron chi connectivity index (χ1n) is 5.40. The molecule has 0 spiro atoms. The molecule has 1 N–H and O–H groups in total. The molecular formula is C10H11ClN6O2. The van der Waals surface area contributed by atoms with E-state index >= 15 is 0 Å². The van der Waals surface area contributed by atoms with Crippen molar-refractivity contribution in [1.82, 2.24) is 25.0 Å². The van der Waals surface area contributed by atoms with E-state index in [0.29, 0.717) is 6.54 Å². The molecule has 0 aliphatic carbocycles. The standard InChI is InChI=1S/C10H11ClN6O2/c1-19-9-6-7(11)13-10(15-9)14-8(18)2-4-17-5-3-12-16-17/h3,5-6H,2,4H2,1H3,(H,13,14,15,18). The maximum absolute atomic E-state index is 11.7. The monoisotopic (exact) mass is 282 g/mol. The van der Waals surface area contributed by atoms with E-state index in [2.05, 4.69) is 25.6 Å². The van der Waals surface area contributed by atoms with Gasteiger partial charge in [0.25, 0.3) is 0 Å². The molecule has 0 aliphatic rings. The first-order chi connectivity index (χ1) is 9.17. The summed E-state index contributed by atoms with van der Waals surface area (Å²) in [6, 6.07) is 1.45. The average molecular weight is 283 g/mol. The number of aryl methyl sites for hydroxylation is 1. The van der Waals surface area contributed by atoms with Crippen molar-refractivity contribution in [3.63, 3.8) is 0 Å². The quantitative estimate of drug-likeness (QED) is 0.814. The third-order valence-corrected chi connectivity index (χ3v) is 2.37. The third kappa shape index (κ3) is 3.88. The summed E-state index contributed by atoms with van der Waals surface area (Å²) in [5.41, 5.74) is 0. The molecule has 0 aliphatic heterocycles. The summed E-state index contributed by atoms with van der Waals surface area (Å²) >= 11 is 5.77. The van der Waals surface area contributed by atoms with Gasteiger partial charge in [-0.05, 0) is 0 Å². The molecule has 2 heterocycles. The van der Waals surface area contributed by atoms with Gasteiger partial charge in [-0.25, -0.2) is 4.98 Å². The minimum absolute atomic E-state index is 0.105. The van der Waals surface area contributed by atoms with Crippen LogP contribution in [0.2, 0.25) is 5.15 Å². The van der Waals surface area contributed by atoms with Gasteiger partial charge in [0, 0.05) is 18.7 Å². The van der Waals surface area contributed by atoms with Crippen LogP contribution in [0.3, 0.4) is 0 Å². The van der Waals surface area contributed by atoms with Crippen molar-refractivity contribution in [2.24, 2.45) is 0 Å². The summed E-state index contributed by atoms with van der Waals surface area (Å²) in [4.78, 5) is 19.5. The zero-order chi connectivity index (χ0) is 13.7. The molecule has 2 aromatic heterocycles. The van der Waals surface area contributed by atoms with Crippen LogP contribution >= 0.6 is 11.6 Å². The van der Waals surface area contributed by atoms with Crippen molar-refractivity contribution in [1.29, 1.82) is 0 Å². The molecular weight excluding hydrogens is 272 g/mol. The largest absolute Gasteiger partial charge is 0.481 e. The highest BCUT2D eigenvalue weighted by Crippen LogP contribution is 2.15. The number of carbonyl (C=O) groups is 1. The van der Waals surface area contributed by atoms with E-state index in [1.165, 1.54) is 13.2 Å². The van der Waals surface area contributed by atoms with Gasteiger partial charge in [-0.1, -0.05) is 16.8 Å². The first-order valence-corrected chi connectivity index (χ1v) is 5.77. The van der Waals surface area contributed by atoms with E-state index in [1.807, 2.05) is 0 Å². The lowest BCUT2D eigenvalue weighted by molar-refractivity contribution is -0.116. The number of nitrogens with one attached hydrogen (secondary N) is 1. The highest BCUT2D eigenvalue weighted by atomic mass is 35.5. The van der Waals surface area contributed by atoms with Crippen molar-refractivity contribution in [2.75, 3.05) is 12.4 Å². The van der Waals surface area contributed by atoms with Crippen LogP contribution in [0.15, 0.2) is 18.5 Å². The molecule has 9 heteroatoms. The molecule has 0 unspecified atom stereocenters. The number of anilines is 1. The van der Waals surface area contributed by atoms with E-state index in [1.54, 1.807) is 17.1 Å². The summed E-state index contributed by atoms with van der Waals surface area (Å²) in [7, 11) is 1.45. The van der Waals surface area contributed by atoms with Gasteiger partial charge in [0.2, 0.25) is 17.7 Å². The minimum atomic E-state index is -0.250. The highest BCUT2D eigenvalue weighted by molar-refractivity contribution is 6.29. The molecule has 0 saturated heterocycles. The van der Waals surface area contributed by atoms with Gasteiger partial charge >= 0.3 is 0 Å². The summed E-state index contributed by atoms with van der Waals surface area (Å²) in [6.07, 6.45) is 3.44. The summed E-state index contributed by atoms with van der Waals surface area (Å²) in [6.45, 7) is 0.420. The zero-order valence-corrected chi connectivity index (χ0v) is 10.8. The fraction of sp³-hybridized carbons (Fsp3) is 0.300. The Morgan fingerprint density at radius 1 is 1.53 bits per heavy atom. The second-order valence-electron chi connectivity index (χ2n) is 3.52. The van der Waals surface area contributed by atoms with Gasteiger partial charge in [0.15, 0.2) is 0 Å². The molecule has 100 valence electrons. The Hall–Kier alpha value is -2.22. The number of aromatic nitrogens is 5. The Kier molecular flexibility index (Phi) is 4.24. The smallest absolute Gasteiger partial charge is 0.234 e. The minimum Gasteiger partial charge on any atom is -0.481 e. The molecule has 8 nitrogen and oxygen atoms in total. The van der Waals surface area contributed by atoms with Crippen LogP contribution in [0.4, 0.5) is 5.95 Å². The van der Waals surface area contributed by atoms with Crippen molar-refractivity contribution < 1.29 is 9.53 Å². The van der Waals surface area contributed by atoms with Gasteiger partial charge in [0.1, 0.15) is 5.15 Å². The molecule has 0 atom stereocenters. The highest BCUT2D eigenvalue weighted by Gasteiger charge is 2.08. The third-order valence-electron chi connectivity index (χ3n) is 2.17. The molecule has 19 heavy (non-hydrogen) atoms. The van der Waals surface area contributed by atoms with Gasteiger partial charge in [-0.2, -0.15) is 4.98 Å². The molecule has 2 rings (SSSR count). The number of methoxy groups -OCH3 is 1. The molecule has 0 fully saturated rings. The fourth-order valence-electron chi connectivity index (χ4n) is 1.31. The number of rotatable bonds is 5. The zero-order valence-electron chi connectivity index (χ0n) is 10.1. The fourth-order valence-corrected chi connectivity index (χ4v) is 1.49. The van der Waals surface area contributed by atoms with E-state index in [4.69, 9.17) is 16.3 Å². The van der Waals surface area contributed by atoms with E-state index in [9.17, 15) is 4.79 Å². The summed E-state index contributed by atoms with van der Waals surface area (Å²) in [5.74, 6) is 0.138. The molecule has 0 aromatic carbocycles. The molecule has 2 aromatic rings. The van der Waals surface area contributed by atoms with Gasteiger partial charge in [-0.15, -0.1) is 5.10 Å². The lowest BCUT2D eigenvalue weighted by Gasteiger charge is -2.05. The molecule has 0 bridgehead atoms. The number of ether oxygens (including phenoxy) is 1. The Morgan fingerprint density at radius 2 is 2.37 bits per heavy atom. The maximum Gasteiger partial charge on any atom is 0.234 e. The maximum atomic E-state index is 11.7. The van der Waals surface area contributed by atoms with Crippen molar-refractivity contribution >= 4 is 23.5 Å². The van der Waals surface area contributed by atoms with Crippen LogP contribution in [0.5, 0.6) is 5.88 Å². The number of halogens is 1. The van der Waals surface area contributed by atoms with E-state index in [-0.39, 0.29) is 29.3 Å². The molecule has 0 radical (unpaired) electrons. The predicted octanol–water partition coefficient (Wildman–Crippen LogP) is 0.759. The van der Waals surface area contributed by atoms with Gasteiger partial charge in [0.05, 0.1) is 19.9 Å². The van der Waals surface area contributed by atoms with Crippen LogP contribution < -0.4 is 10.1 Å². The Balaban J connectivity index is 1.93. The summed E-state index contributed by atoms with van der Waals surface area (Å²) in [5, 5.41) is 10.1. The number of nitrogens with zero attached hydrogens (tertiary/aromatic N) is 5. The van der Waals surface area contributed by atoms with Crippen LogP contribution in [0.25, 0.3) is 0 Å². The van der Waals surface area contributed by atoms with Crippen LogP contribution in [0, 0.1) is 0 Å². The second kappa shape index (κ2) is 6.10. The SMILES string of the molecule is COc1cc(Cl)nc(NC(=O)CCn2ccnn2)n1. The topological polar surface area (TPSA) is 94.8 Å². The van der Waals surface area contributed by atoms with Crippen molar-refractivity contribution in [3.8, 4) is 5.88 Å². The second-order valence-corrected chi connectivity index (χ2v) is 3.91. The van der Waals surface area contributed by atoms with Crippen molar-refractivity contribution in [2.45, 2.75) is 13.0 Å². The average Bonchev–Trinajstić information content (AvgIpc) is 2.88. The van der Waals surface area contributed by atoms with E-state index in [0.717, 1.165) is 0 Å². The Bertz CT molecular complexity index is 559. The number of carbonyl (C=O) groups excluding carboxylic acids is 1. The van der Waals surface area contributed by atoms with Crippen LogP contribution in [0.1, 0.15) is 6.42 Å².